The van der Waals surface area contributed by atoms with Crippen molar-refractivity contribution >= 4 is 27.2 Å². The zero-order valence-electron chi connectivity index (χ0n) is 17.3. The van der Waals surface area contributed by atoms with Crippen LogP contribution in [0, 0.1) is 0 Å². The Morgan fingerprint density at radius 2 is 1.16 bits per heavy atom. The molecule has 0 aliphatic rings. The van der Waals surface area contributed by atoms with Crippen molar-refractivity contribution in [1.82, 2.24) is 0 Å². The molecule has 0 aliphatic heterocycles. The minimum absolute atomic E-state index is 0.0452. The Kier molecular flexibility index (Phi) is 6.91. The van der Waals surface area contributed by atoms with Crippen LogP contribution in [-0.4, -0.2) is 5.71 Å². The van der Waals surface area contributed by atoms with Gasteiger partial charge in [0.1, 0.15) is 0 Å². The molecule has 0 N–H and O–H groups in total. The van der Waals surface area contributed by atoms with Gasteiger partial charge in [0.05, 0.1) is 11.8 Å². The average Bonchev–Trinajstić information content (AvgIpc) is 2.83. The van der Waals surface area contributed by atoms with Gasteiger partial charge in [0.25, 0.3) is 0 Å². The van der Waals surface area contributed by atoms with Crippen LogP contribution in [0.15, 0.2) is 131 Å². The van der Waals surface area contributed by atoms with Crippen molar-refractivity contribution in [2.45, 2.75) is 12.5 Å². The normalized spacial score (nSPS) is 11.5. The van der Waals surface area contributed by atoms with Gasteiger partial charge >= 0.3 is 0 Å². The molecule has 2 heteroatoms. The molecule has 1 atom stereocenters. The number of aliphatic imine (C=N–C) groups is 1. The van der Waals surface area contributed by atoms with Crippen LogP contribution in [0.3, 0.4) is 0 Å². The number of benzene rings is 4. The van der Waals surface area contributed by atoms with Gasteiger partial charge in [0, 0.05) is 15.6 Å². The molecule has 152 valence electrons. The Hall–Kier alpha value is -3.23. The second kappa shape index (κ2) is 10.2. The van der Waals surface area contributed by atoms with Crippen molar-refractivity contribution in [2.24, 2.45) is 4.99 Å². The van der Waals surface area contributed by atoms with Crippen molar-refractivity contribution in [3.63, 3.8) is 0 Å². The van der Waals surface area contributed by atoms with E-state index < -0.39 is 0 Å². The highest BCUT2D eigenvalue weighted by Gasteiger charge is 2.17. The van der Waals surface area contributed by atoms with Crippen LogP contribution in [0.1, 0.15) is 34.7 Å². The zero-order valence-corrected chi connectivity index (χ0v) is 18.9. The highest BCUT2D eigenvalue weighted by molar-refractivity contribution is 9.10. The lowest BCUT2D eigenvalue weighted by Gasteiger charge is -2.19. The van der Waals surface area contributed by atoms with Gasteiger partial charge < -0.3 is 0 Å². The number of rotatable bonds is 7. The van der Waals surface area contributed by atoms with Gasteiger partial charge in [-0.2, -0.15) is 0 Å². The maximum absolute atomic E-state index is 5.32. The molecule has 0 amide bonds. The van der Waals surface area contributed by atoms with E-state index >= 15 is 0 Å². The molecule has 0 spiro atoms. The minimum Gasteiger partial charge on any atom is -0.276 e. The molecule has 1 unspecified atom stereocenters. The van der Waals surface area contributed by atoms with Crippen LogP contribution in [0.4, 0.5) is 0 Å². The molecule has 0 radical (unpaired) electrons. The molecule has 4 rings (SSSR count). The fourth-order valence-electron chi connectivity index (χ4n) is 3.67. The molecule has 0 aliphatic carbocycles. The maximum Gasteiger partial charge on any atom is 0.0797 e. The van der Waals surface area contributed by atoms with Gasteiger partial charge in [0.2, 0.25) is 0 Å². The second-order valence-corrected chi connectivity index (χ2v) is 8.28. The number of hydrogen-bond donors (Lipinski definition) is 0. The van der Waals surface area contributed by atoms with Crippen molar-refractivity contribution in [3.05, 3.63) is 149 Å². The van der Waals surface area contributed by atoms with Gasteiger partial charge in [-0.1, -0.05) is 132 Å². The lowest BCUT2D eigenvalue weighted by atomic mass is 9.94. The lowest BCUT2D eigenvalue weighted by Crippen LogP contribution is -2.08. The first-order valence-corrected chi connectivity index (χ1v) is 11.2. The Bertz CT molecular complexity index is 1120. The lowest BCUT2D eigenvalue weighted by molar-refractivity contribution is 0.754. The first-order valence-electron chi connectivity index (χ1n) is 10.4. The quantitative estimate of drug-likeness (QED) is 0.244. The van der Waals surface area contributed by atoms with Crippen molar-refractivity contribution in [2.75, 3.05) is 0 Å². The van der Waals surface area contributed by atoms with Crippen LogP contribution in [0.5, 0.6) is 0 Å². The van der Waals surface area contributed by atoms with Crippen molar-refractivity contribution < 1.29 is 0 Å². The molecule has 0 heterocycles. The van der Waals surface area contributed by atoms with E-state index in [-0.39, 0.29) is 6.04 Å². The highest BCUT2D eigenvalue weighted by atomic mass is 79.9. The third-order valence-electron chi connectivity index (χ3n) is 5.26. The minimum atomic E-state index is -0.0452. The number of halogens is 1. The van der Waals surface area contributed by atoms with Crippen LogP contribution < -0.4 is 0 Å². The first-order chi connectivity index (χ1) is 15.2. The molecular formula is C29H24BrN. The fourth-order valence-corrected chi connectivity index (χ4v) is 4.23. The third kappa shape index (κ3) is 5.28. The first kappa shape index (κ1) is 21.0. The molecule has 0 fully saturated rings. The Morgan fingerprint density at radius 3 is 1.71 bits per heavy atom. The van der Waals surface area contributed by atoms with E-state index in [0.717, 1.165) is 38.9 Å². The largest absolute Gasteiger partial charge is 0.276 e. The highest BCUT2D eigenvalue weighted by Crippen LogP contribution is 2.33. The summed E-state index contributed by atoms with van der Waals surface area (Å²) >= 11 is 3.67. The summed E-state index contributed by atoms with van der Waals surface area (Å²) in [4.78, 5) is 5.32. The summed E-state index contributed by atoms with van der Waals surface area (Å²) in [5.41, 5.74) is 6.59. The smallest absolute Gasteiger partial charge is 0.0797 e. The summed E-state index contributed by atoms with van der Waals surface area (Å²) < 4.78 is 1.06. The van der Waals surface area contributed by atoms with E-state index in [1.54, 1.807) is 0 Å². The Balaban J connectivity index is 1.79. The summed E-state index contributed by atoms with van der Waals surface area (Å²) in [5, 5.41) is 0. The van der Waals surface area contributed by atoms with Crippen molar-refractivity contribution in [1.29, 1.82) is 0 Å². The third-order valence-corrected chi connectivity index (χ3v) is 5.95. The summed E-state index contributed by atoms with van der Waals surface area (Å²) in [5.74, 6) is 0. The van der Waals surface area contributed by atoms with Crippen LogP contribution >= 0.6 is 15.9 Å². The van der Waals surface area contributed by atoms with Gasteiger partial charge in [-0.15, -0.1) is 0 Å². The molecule has 0 saturated carbocycles. The van der Waals surface area contributed by atoms with E-state index in [1.165, 1.54) is 5.56 Å². The summed E-state index contributed by atoms with van der Waals surface area (Å²) in [6, 6.07) is 39.5. The standard InChI is InChI=1S/C29H24BrN/c1-22(26-19-11-12-20-27(26)30)21-28(23-13-5-2-6-14-23)31-29(24-15-7-3-8-16-24)25-17-9-4-10-18-25/h2-20,28H,1,21H2. The Labute approximate surface area is 193 Å². The van der Waals surface area contributed by atoms with E-state index in [9.17, 15) is 0 Å². The van der Waals surface area contributed by atoms with Crippen LogP contribution in [0.2, 0.25) is 0 Å². The zero-order chi connectivity index (χ0) is 21.5. The fraction of sp³-hybridized carbons (Fsp3) is 0.0690. The van der Waals surface area contributed by atoms with Crippen LogP contribution in [0.25, 0.3) is 5.57 Å². The summed E-state index contributed by atoms with van der Waals surface area (Å²) in [6.45, 7) is 4.40. The maximum atomic E-state index is 5.32. The second-order valence-electron chi connectivity index (χ2n) is 7.42. The van der Waals surface area contributed by atoms with E-state index in [2.05, 4.69) is 107 Å². The molecule has 0 bridgehead atoms. The molecule has 1 nitrogen and oxygen atoms in total. The van der Waals surface area contributed by atoms with E-state index in [0.29, 0.717) is 0 Å². The molecule has 4 aromatic carbocycles. The van der Waals surface area contributed by atoms with E-state index in [4.69, 9.17) is 4.99 Å². The molecule has 0 saturated heterocycles. The number of nitrogens with zero attached hydrogens (tertiary/aromatic N) is 1. The summed E-state index contributed by atoms with van der Waals surface area (Å²) in [6.07, 6.45) is 0.732. The van der Waals surface area contributed by atoms with Gasteiger partial charge in [-0.25, -0.2) is 0 Å². The molecule has 4 aromatic rings. The van der Waals surface area contributed by atoms with Gasteiger partial charge in [-0.05, 0) is 29.2 Å². The Morgan fingerprint density at radius 1 is 0.677 bits per heavy atom. The molecular weight excluding hydrogens is 442 g/mol. The monoisotopic (exact) mass is 465 g/mol. The predicted octanol–water partition coefficient (Wildman–Crippen LogP) is 8.13. The molecule has 0 aromatic heterocycles. The van der Waals surface area contributed by atoms with Crippen LogP contribution in [-0.2, 0) is 0 Å². The predicted molar refractivity (Wildman–Crippen MR) is 135 cm³/mol. The van der Waals surface area contributed by atoms with Crippen molar-refractivity contribution in [3.8, 4) is 0 Å². The topological polar surface area (TPSA) is 12.4 Å². The average molecular weight is 466 g/mol. The SMILES string of the molecule is C=C(CC(N=C(c1ccccc1)c1ccccc1)c1ccccc1)c1ccccc1Br. The van der Waals surface area contributed by atoms with Gasteiger partial charge in [-0.3, -0.25) is 4.99 Å². The summed E-state index contributed by atoms with van der Waals surface area (Å²) in [7, 11) is 0. The van der Waals surface area contributed by atoms with E-state index in [1.807, 2.05) is 30.3 Å². The van der Waals surface area contributed by atoms with Gasteiger partial charge in [0.15, 0.2) is 0 Å². The molecule has 31 heavy (non-hydrogen) atoms. The number of hydrogen-bond acceptors (Lipinski definition) is 1.